The fraction of sp³-hybridized carbons (Fsp3) is 0.450. The number of aromatic amines is 2. The van der Waals surface area contributed by atoms with Crippen LogP contribution in [-0.2, 0) is 19.1 Å². The average molecular weight is 753 g/mol. The molecule has 4 amide bonds. The van der Waals surface area contributed by atoms with Gasteiger partial charge in [-0.2, -0.15) is 0 Å². The first kappa shape index (κ1) is 37.5. The summed E-state index contributed by atoms with van der Waals surface area (Å²) >= 11 is 0. The number of benzene rings is 2. The summed E-state index contributed by atoms with van der Waals surface area (Å²) in [7, 11) is 2.57. The molecule has 1 unspecified atom stereocenters. The van der Waals surface area contributed by atoms with E-state index in [4.69, 9.17) is 13.9 Å². The van der Waals surface area contributed by atoms with Gasteiger partial charge in [0, 0.05) is 35.0 Å². The third kappa shape index (κ3) is 7.34. The van der Waals surface area contributed by atoms with Crippen molar-refractivity contribution in [3.05, 3.63) is 60.4 Å². The van der Waals surface area contributed by atoms with Crippen LogP contribution in [0.1, 0.15) is 77.1 Å². The molecular weight excluding hydrogens is 704 g/mol. The lowest BCUT2D eigenvalue weighted by atomic mass is 10.0. The molecule has 0 radical (unpaired) electrons. The predicted molar refractivity (Wildman–Crippen MR) is 205 cm³/mol. The molecule has 3 aromatic heterocycles. The number of nitrogens with zero attached hydrogens (tertiary/aromatic N) is 4. The van der Waals surface area contributed by atoms with Gasteiger partial charge >= 0.3 is 12.2 Å². The maximum absolute atomic E-state index is 13.6. The number of H-pyrrole nitrogens is 2. The lowest BCUT2D eigenvalue weighted by Gasteiger charge is -2.30. The number of fused-ring (bicyclic) bond motifs is 3. The largest absolute Gasteiger partial charge is 0.456 e. The highest BCUT2D eigenvalue weighted by molar-refractivity contribution is 6.06. The molecule has 290 valence electrons. The van der Waals surface area contributed by atoms with E-state index in [1.807, 2.05) is 64.1 Å². The smallest absolute Gasteiger partial charge is 0.407 e. The summed E-state index contributed by atoms with van der Waals surface area (Å²) in [6, 6.07) is 10.2. The predicted octanol–water partition coefficient (Wildman–Crippen LogP) is 6.45. The molecule has 2 aliphatic rings. The molecule has 4 N–H and O–H groups in total. The number of nitrogens with one attached hydrogen (secondary N) is 4. The van der Waals surface area contributed by atoms with E-state index in [1.54, 1.807) is 22.2 Å². The van der Waals surface area contributed by atoms with Crippen LogP contribution in [0.5, 0.6) is 0 Å². The van der Waals surface area contributed by atoms with Gasteiger partial charge in [0.25, 0.3) is 0 Å². The normalized spacial score (nSPS) is 18.3. The third-order valence-electron chi connectivity index (χ3n) is 10.8. The molecule has 2 aromatic carbocycles. The van der Waals surface area contributed by atoms with Crippen LogP contribution in [0.3, 0.4) is 0 Å². The summed E-state index contributed by atoms with van der Waals surface area (Å²) in [5.41, 5.74) is 4.83. The van der Waals surface area contributed by atoms with Gasteiger partial charge in [-0.05, 0) is 61.8 Å². The number of ether oxygens (including phenoxy) is 2. The molecule has 5 aromatic rings. The fourth-order valence-electron chi connectivity index (χ4n) is 7.80. The van der Waals surface area contributed by atoms with Crippen molar-refractivity contribution in [2.45, 2.75) is 77.5 Å². The lowest BCUT2D eigenvalue weighted by molar-refractivity contribution is -0.136. The third-order valence-corrected chi connectivity index (χ3v) is 10.8. The number of hydrogen-bond donors (Lipinski definition) is 4. The van der Waals surface area contributed by atoms with Crippen molar-refractivity contribution < 1.29 is 33.1 Å². The van der Waals surface area contributed by atoms with E-state index in [9.17, 15) is 19.2 Å². The Bertz CT molecular complexity index is 2070. The first-order valence-corrected chi connectivity index (χ1v) is 18.8. The second kappa shape index (κ2) is 15.5. The van der Waals surface area contributed by atoms with E-state index >= 15 is 0 Å². The quantitative estimate of drug-likeness (QED) is 0.124. The van der Waals surface area contributed by atoms with Crippen molar-refractivity contribution in [2.75, 3.05) is 27.3 Å². The molecule has 0 saturated carbocycles. The van der Waals surface area contributed by atoms with Gasteiger partial charge in [0.2, 0.25) is 11.8 Å². The maximum atomic E-state index is 13.6. The van der Waals surface area contributed by atoms with Crippen LogP contribution >= 0.6 is 0 Å². The summed E-state index contributed by atoms with van der Waals surface area (Å²) < 4.78 is 15.9. The Morgan fingerprint density at radius 2 is 1.13 bits per heavy atom. The number of rotatable bonds is 10. The second-order valence-electron chi connectivity index (χ2n) is 15.0. The first-order chi connectivity index (χ1) is 26.5. The Morgan fingerprint density at radius 3 is 1.51 bits per heavy atom. The molecule has 2 fully saturated rings. The number of hydrogen-bond acceptors (Lipinski definition) is 9. The topological polar surface area (TPSA) is 188 Å². The van der Waals surface area contributed by atoms with Gasteiger partial charge in [0.1, 0.15) is 34.9 Å². The van der Waals surface area contributed by atoms with Crippen molar-refractivity contribution in [1.29, 1.82) is 0 Å². The standard InChI is InChI=1S/C40H48N8O7/c1-21(2)33(45-39(51)53-5)37(49)47-15-7-9-29(47)35-41-19-27(43-35)23-11-13-25-26-14-12-24(18-32(26)55-31(25)17-23)28-20-42-36(44-28)30-10-8-16-48(30)38(50)34(22(3)4)46-40(52)54-6/h11-14,17-22,29-30,33-34H,7-10,15-16H2,1-6H3,(H,41,43)(H,42,44)(H,45,51)(H,46,52)/t29-,30?,33-,34-/m0/s1. The zero-order valence-electron chi connectivity index (χ0n) is 32.0. The molecule has 7 rings (SSSR count). The highest BCUT2D eigenvalue weighted by Crippen LogP contribution is 2.37. The van der Waals surface area contributed by atoms with Crippen molar-refractivity contribution >= 4 is 45.9 Å². The first-order valence-electron chi connectivity index (χ1n) is 18.8. The van der Waals surface area contributed by atoms with Crippen molar-refractivity contribution in [3.63, 3.8) is 0 Å². The maximum Gasteiger partial charge on any atom is 0.407 e. The van der Waals surface area contributed by atoms with Gasteiger partial charge in [-0.15, -0.1) is 0 Å². The van der Waals surface area contributed by atoms with Crippen LogP contribution in [0.2, 0.25) is 0 Å². The summed E-state index contributed by atoms with van der Waals surface area (Å²) in [4.78, 5) is 71.0. The zero-order valence-corrected chi connectivity index (χ0v) is 32.0. The summed E-state index contributed by atoms with van der Waals surface area (Å²) in [5.74, 6) is 0.831. The Balaban J connectivity index is 1.09. The van der Waals surface area contributed by atoms with Crippen molar-refractivity contribution in [1.82, 2.24) is 40.4 Å². The minimum Gasteiger partial charge on any atom is -0.456 e. The molecule has 0 spiro atoms. The minimum absolute atomic E-state index is 0.120. The number of likely N-dealkylation sites (tertiary alicyclic amines) is 2. The SMILES string of the molecule is COC(=O)N[C@H](C(=O)N1CCCC1c1ncc(-c2ccc3c(c2)oc2cc(-c4cnc([C@@H]5CCCN5C(=O)[C@@H](NC(=O)OC)C(C)C)[nH]4)ccc23)[nH]1)C(C)C. The van der Waals surface area contributed by atoms with E-state index in [2.05, 4.69) is 30.6 Å². The molecule has 0 aliphatic carbocycles. The van der Waals surface area contributed by atoms with E-state index in [-0.39, 0.29) is 35.7 Å². The van der Waals surface area contributed by atoms with Gasteiger partial charge in [-0.3, -0.25) is 9.59 Å². The number of alkyl carbamates (subject to hydrolysis) is 2. The lowest BCUT2D eigenvalue weighted by Crippen LogP contribution is -2.51. The van der Waals surface area contributed by atoms with E-state index < -0.39 is 24.3 Å². The zero-order chi connectivity index (χ0) is 39.0. The Hall–Kier alpha value is -5.86. The van der Waals surface area contributed by atoms with Crippen LogP contribution in [0, 0.1) is 11.8 Å². The van der Waals surface area contributed by atoms with Crippen LogP contribution in [0.15, 0.2) is 53.2 Å². The Kier molecular flexibility index (Phi) is 10.5. The summed E-state index contributed by atoms with van der Waals surface area (Å²) in [6.07, 6.45) is 5.46. The van der Waals surface area contributed by atoms with Crippen LogP contribution in [0.25, 0.3) is 44.5 Å². The molecule has 55 heavy (non-hydrogen) atoms. The van der Waals surface area contributed by atoms with Crippen molar-refractivity contribution in [2.24, 2.45) is 11.8 Å². The van der Waals surface area contributed by atoms with Crippen LogP contribution in [0.4, 0.5) is 9.59 Å². The molecule has 4 atom stereocenters. The average Bonchev–Trinajstić information content (AvgIpc) is 4.02. The van der Waals surface area contributed by atoms with E-state index in [0.717, 1.165) is 70.1 Å². The highest BCUT2D eigenvalue weighted by atomic mass is 16.5. The van der Waals surface area contributed by atoms with Gasteiger partial charge < -0.3 is 44.3 Å². The van der Waals surface area contributed by atoms with Gasteiger partial charge in [0.05, 0.1) is 50.1 Å². The summed E-state index contributed by atoms with van der Waals surface area (Å²) in [5, 5.41) is 7.33. The molecule has 2 saturated heterocycles. The fourth-order valence-corrected chi connectivity index (χ4v) is 7.80. The minimum atomic E-state index is -0.706. The number of amides is 4. The molecule has 0 bridgehead atoms. The van der Waals surface area contributed by atoms with E-state index in [0.29, 0.717) is 24.7 Å². The van der Waals surface area contributed by atoms with Gasteiger partial charge in [0.15, 0.2) is 0 Å². The Labute approximate surface area is 318 Å². The molecular formula is C40H48N8O7. The van der Waals surface area contributed by atoms with Gasteiger partial charge in [-0.1, -0.05) is 39.8 Å². The number of aromatic nitrogens is 4. The van der Waals surface area contributed by atoms with Crippen LogP contribution in [-0.4, -0.2) is 93.1 Å². The van der Waals surface area contributed by atoms with Crippen LogP contribution < -0.4 is 10.6 Å². The van der Waals surface area contributed by atoms with Gasteiger partial charge in [-0.25, -0.2) is 19.6 Å². The monoisotopic (exact) mass is 752 g/mol. The number of carbonyl (C=O) groups excluding carboxylic acids is 4. The molecule has 5 heterocycles. The number of carbonyl (C=O) groups is 4. The molecule has 15 nitrogen and oxygen atoms in total. The van der Waals surface area contributed by atoms with Crippen molar-refractivity contribution in [3.8, 4) is 22.5 Å². The second-order valence-corrected chi connectivity index (χ2v) is 15.0. The number of furan rings is 1. The number of methoxy groups -OCH3 is 2. The molecule has 15 heteroatoms. The highest BCUT2D eigenvalue weighted by Gasteiger charge is 2.39. The molecule has 2 aliphatic heterocycles. The summed E-state index contributed by atoms with van der Waals surface area (Å²) in [6.45, 7) is 8.72. The Morgan fingerprint density at radius 1 is 0.709 bits per heavy atom. The number of imidazole rings is 2. The van der Waals surface area contributed by atoms with E-state index in [1.165, 1.54) is 14.2 Å².